The number of rotatable bonds is 3. The number of nitrogens with zero attached hydrogens (tertiary/aromatic N) is 1. The number of benzene rings is 1. The predicted octanol–water partition coefficient (Wildman–Crippen LogP) is 3.43. The standard InChI is InChI=1S/C12H12BrN/c13-9-11-3-5-12(6-4-11)10-14-7-1-2-8-14/h1-8H,9-10H2. The Kier molecular flexibility index (Phi) is 3.04. The third kappa shape index (κ3) is 2.26. The van der Waals surface area contributed by atoms with Crippen LogP contribution in [0.4, 0.5) is 0 Å². The van der Waals surface area contributed by atoms with Gasteiger partial charge in [-0.2, -0.15) is 0 Å². The van der Waals surface area contributed by atoms with Crippen molar-refractivity contribution in [3.05, 3.63) is 59.9 Å². The zero-order chi connectivity index (χ0) is 9.80. The molecule has 72 valence electrons. The highest BCUT2D eigenvalue weighted by Crippen LogP contribution is 2.09. The van der Waals surface area contributed by atoms with E-state index in [9.17, 15) is 0 Å². The van der Waals surface area contributed by atoms with Crippen molar-refractivity contribution in [1.29, 1.82) is 0 Å². The lowest BCUT2D eigenvalue weighted by atomic mass is 10.1. The van der Waals surface area contributed by atoms with E-state index in [4.69, 9.17) is 0 Å². The molecule has 2 aromatic rings. The lowest BCUT2D eigenvalue weighted by Crippen LogP contribution is -1.95. The van der Waals surface area contributed by atoms with Crippen LogP contribution >= 0.6 is 15.9 Å². The molecule has 2 heteroatoms. The average molecular weight is 250 g/mol. The molecule has 1 aromatic heterocycles. The molecule has 0 bridgehead atoms. The summed E-state index contributed by atoms with van der Waals surface area (Å²) in [4.78, 5) is 0. The Bertz CT molecular complexity index is 375. The quantitative estimate of drug-likeness (QED) is 0.735. The van der Waals surface area contributed by atoms with Gasteiger partial charge in [0.05, 0.1) is 0 Å². The first-order valence-corrected chi connectivity index (χ1v) is 5.75. The molecule has 0 amide bonds. The fourth-order valence-corrected chi connectivity index (χ4v) is 1.79. The summed E-state index contributed by atoms with van der Waals surface area (Å²) < 4.78 is 2.17. The van der Waals surface area contributed by atoms with E-state index in [1.807, 2.05) is 12.1 Å². The van der Waals surface area contributed by atoms with E-state index in [0.717, 1.165) is 11.9 Å². The van der Waals surface area contributed by atoms with Gasteiger partial charge in [-0.05, 0) is 23.3 Å². The largest absolute Gasteiger partial charge is 0.350 e. The van der Waals surface area contributed by atoms with Gasteiger partial charge >= 0.3 is 0 Å². The second-order valence-electron chi connectivity index (χ2n) is 3.31. The van der Waals surface area contributed by atoms with Crippen molar-refractivity contribution in [3.8, 4) is 0 Å². The molecular weight excluding hydrogens is 238 g/mol. The van der Waals surface area contributed by atoms with Crippen molar-refractivity contribution in [3.63, 3.8) is 0 Å². The van der Waals surface area contributed by atoms with E-state index >= 15 is 0 Å². The lowest BCUT2D eigenvalue weighted by Gasteiger charge is -2.03. The number of hydrogen-bond donors (Lipinski definition) is 0. The van der Waals surface area contributed by atoms with Crippen LogP contribution < -0.4 is 0 Å². The molecule has 0 saturated carbocycles. The molecule has 1 aromatic carbocycles. The van der Waals surface area contributed by atoms with Crippen molar-refractivity contribution in [1.82, 2.24) is 4.57 Å². The molecule has 2 rings (SSSR count). The molecule has 0 unspecified atom stereocenters. The average Bonchev–Trinajstić information content (AvgIpc) is 2.72. The van der Waals surface area contributed by atoms with Crippen molar-refractivity contribution >= 4 is 15.9 Å². The summed E-state index contributed by atoms with van der Waals surface area (Å²) in [5.41, 5.74) is 2.66. The molecule has 0 radical (unpaired) electrons. The third-order valence-corrected chi connectivity index (χ3v) is 2.86. The van der Waals surface area contributed by atoms with Crippen molar-refractivity contribution < 1.29 is 0 Å². The van der Waals surface area contributed by atoms with Crippen LogP contribution in [0.3, 0.4) is 0 Å². The van der Waals surface area contributed by atoms with Crippen LogP contribution in [0.15, 0.2) is 48.8 Å². The summed E-state index contributed by atoms with van der Waals surface area (Å²) in [6.45, 7) is 0.954. The molecule has 1 nitrogen and oxygen atoms in total. The maximum atomic E-state index is 3.44. The summed E-state index contributed by atoms with van der Waals surface area (Å²) in [7, 11) is 0. The summed E-state index contributed by atoms with van der Waals surface area (Å²) in [5, 5.41) is 0.927. The molecule has 0 fully saturated rings. The Balaban J connectivity index is 2.10. The maximum Gasteiger partial charge on any atom is 0.0470 e. The zero-order valence-corrected chi connectivity index (χ0v) is 9.44. The van der Waals surface area contributed by atoms with Crippen molar-refractivity contribution in [2.45, 2.75) is 11.9 Å². The van der Waals surface area contributed by atoms with Gasteiger partial charge in [-0.3, -0.25) is 0 Å². The molecule has 0 aliphatic heterocycles. The van der Waals surface area contributed by atoms with Crippen molar-refractivity contribution in [2.24, 2.45) is 0 Å². The van der Waals surface area contributed by atoms with E-state index in [1.54, 1.807) is 0 Å². The second kappa shape index (κ2) is 4.47. The van der Waals surface area contributed by atoms with Gasteiger partial charge in [0, 0.05) is 24.3 Å². The Morgan fingerprint density at radius 2 is 1.50 bits per heavy atom. The molecule has 0 spiro atoms. The van der Waals surface area contributed by atoms with Gasteiger partial charge in [-0.1, -0.05) is 40.2 Å². The van der Waals surface area contributed by atoms with Gasteiger partial charge in [-0.15, -0.1) is 0 Å². The highest BCUT2D eigenvalue weighted by Gasteiger charge is 1.94. The predicted molar refractivity (Wildman–Crippen MR) is 62.6 cm³/mol. The second-order valence-corrected chi connectivity index (χ2v) is 3.87. The third-order valence-electron chi connectivity index (χ3n) is 2.21. The molecule has 0 N–H and O–H groups in total. The van der Waals surface area contributed by atoms with Crippen LogP contribution in [0.25, 0.3) is 0 Å². The summed E-state index contributed by atoms with van der Waals surface area (Å²) >= 11 is 3.44. The van der Waals surface area contributed by atoms with Crippen LogP contribution in [0.5, 0.6) is 0 Å². The lowest BCUT2D eigenvalue weighted by molar-refractivity contribution is 0.806. The number of alkyl halides is 1. The first-order valence-electron chi connectivity index (χ1n) is 4.63. The molecular formula is C12H12BrN. The fraction of sp³-hybridized carbons (Fsp3) is 0.167. The van der Waals surface area contributed by atoms with Gasteiger partial charge < -0.3 is 4.57 Å². The van der Waals surface area contributed by atoms with Crippen LogP contribution in [0, 0.1) is 0 Å². The molecule has 0 aliphatic carbocycles. The summed E-state index contributed by atoms with van der Waals surface area (Å²) in [6.07, 6.45) is 4.16. The minimum absolute atomic E-state index is 0.927. The van der Waals surface area contributed by atoms with Crippen LogP contribution in [0.1, 0.15) is 11.1 Å². The molecule has 0 saturated heterocycles. The van der Waals surface area contributed by atoms with Gasteiger partial charge in [-0.25, -0.2) is 0 Å². The van der Waals surface area contributed by atoms with E-state index < -0.39 is 0 Å². The van der Waals surface area contributed by atoms with E-state index in [2.05, 4.69) is 57.2 Å². The number of aromatic nitrogens is 1. The summed E-state index contributed by atoms with van der Waals surface area (Å²) in [5.74, 6) is 0. The maximum absolute atomic E-state index is 3.44. The monoisotopic (exact) mass is 249 g/mol. The SMILES string of the molecule is BrCc1ccc(Cn2cccc2)cc1. The Labute approximate surface area is 92.5 Å². The van der Waals surface area contributed by atoms with E-state index in [-0.39, 0.29) is 0 Å². The van der Waals surface area contributed by atoms with Gasteiger partial charge in [0.1, 0.15) is 0 Å². The summed E-state index contributed by atoms with van der Waals surface area (Å²) in [6, 6.07) is 12.8. The Morgan fingerprint density at radius 1 is 0.929 bits per heavy atom. The molecule has 14 heavy (non-hydrogen) atoms. The first kappa shape index (κ1) is 9.53. The van der Waals surface area contributed by atoms with Gasteiger partial charge in [0.2, 0.25) is 0 Å². The highest BCUT2D eigenvalue weighted by atomic mass is 79.9. The smallest absolute Gasteiger partial charge is 0.0470 e. The molecule has 0 aliphatic rings. The molecule has 1 heterocycles. The minimum atomic E-state index is 0.927. The first-order chi connectivity index (χ1) is 6.88. The highest BCUT2D eigenvalue weighted by molar-refractivity contribution is 9.08. The number of halogens is 1. The van der Waals surface area contributed by atoms with Gasteiger partial charge in [0.15, 0.2) is 0 Å². The Hall–Kier alpha value is -1.02. The number of hydrogen-bond acceptors (Lipinski definition) is 0. The van der Waals surface area contributed by atoms with Crippen LogP contribution in [-0.2, 0) is 11.9 Å². The topological polar surface area (TPSA) is 4.93 Å². The van der Waals surface area contributed by atoms with Crippen LogP contribution in [-0.4, -0.2) is 4.57 Å². The zero-order valence-electron chi connectivity index (χ0n) is 7.86. The van der Waals surface area contributed by atoms with Crippen LogP contribution in [0.2, 0.25) is 0 Å². The normalized spacial score (nSPS) is 10.4. The van der Waals surface area contributed by atoms with E-state index in [1.165, 1.54) is 11.1 Å². The Morgan fingerprint density at radius 3 is 2.07 bits per heavy atom. The van der Waals surface area contributed by atoms with E-state index in [0.29, 0.717) is 0 Å². The fourth-order valence-electron chi connectivity index (χ4n) is 1.42. The van der Waals surface area contributed by atoms with Crippen molar-refractivity contribution in [2.75, 3.05) is 0 Å². The molecule has 0 atom stereocenters. The minimum Gasteiger partial charge on any atom is -0.350 e. The van der Waals surface area contributed by atoms with Gasteiger partial charge in [0.25, 0.3) is 0 Å².